The molecule has 2 N–H and O–H groups in total. The van der Waals surface area contributed by atoms with Crippen LogP contribution in [-0.4, -0.2) is 18.2 Å². The smallest absolute Gasteiger partial charge is 0.341 e. The van der Waals surface area contributed by atoms with E-state index in [0.717, 1.165) is 47.9 Å². The van der Waals surface area contributed by atoms with Gasteiger partial charge in [-0.05, 0) is 55.1 Å². The van der Waals surface area contributed by atoms with E-state index in [0.29, 0.717) is 16.5 Å². The van der Waals surface area contributed by atoms with E-state index in [1.54, 1.807) is 0 Å². The topological polar surface area (TPSA) is 50.4 Å². The standard InChI is InChI=1S/C18H18F2N2O2S2/c1-9-3-5-11-14(7-9)26-16(15(11)17(23)24-2)22-18(25)21-13-8-10(19)4-6-12(13)20/h4,6,8-9H,3,5,7H2,1-2H3,(H2,21,22,25). The Morgan fingerprint density at radius 2 is 2.12 bits per heavy atom. The van der Waals surface area contributed by atoms with Crippen molar-refractivity contribution < 1.29 is 18.3 Å². The van der Waals surface area contributed by atoms with E-state index >= 15 is 0 Å². The first-order valence-electron chi connectivity index (χ1n) is 8.15. The van der Waals surface area contributed by atoms with E-state index in [4.69, 9.17) is 17.0 Å². The predicted octanol–water partition coefficient (Wildman–Crippen LogP) is 4.75. The number of thiophene rings is 1. The van der Waals surface area contributed by atoms with Gasteiger partial charge in [0.2, 0.25) is 0 Å². The lowest BCUT2D eigenvalue weighted by Crippen LogP contribution is -2.21. The third kappa shape index (κ3) is 3.86. The van der Waals surface area contributed by atoms with Crippen LogP contribution in [0.2, 0.25) is 0 Å². The lowest BCUT2D eigenvalue weighted by Gasteiger charge is -2.18. The molecule has 0 aliphatic heterocycles. The normalized spacial score (nSPS) is 15.9. The van der Waals surface area contributed by atoms with Crippen molar-refractivity contribution in [3.8, 4) is 0 Å². The lowest BCUT2D eigenvalue weighted by molar-refractivity contribution is 0.0601. The molecule has 2 aromatic rings. The van der Waals surface area contributed by atoms with Crippen molar-refractivity contribution in [2.24, 2.45) is 5.92 Å². The summed E-state index contributed by atoms with van der Waals surface area (Å²) in [6, 6.07) is 3.07. The van der Waals surface area contributed by atoms with Crippen LogP contribution in [0.3, 0.4) is 0 Å². The van der Waals surface area contributed by atoms with Gasteiger partial charge in [0, 0.05) is 10.9 Å². The van der Waals surface area contributed by atoms with Crippen LogP contribution in [0.1, 0.15) is 34.1 Å². The molecule has 1 atom stereocenters. The molecule has 1 aromatic heterocycles. The van der Waals surface area contributed by atoms with Gasteiger partial charge in [-0.2, -0.15) is 0 Å². The van der Waals surface area contributed by atoms with Crippen LogP contribution < -0.4 is 10.6 Å². The van der Waals surface area contributed by atoms with E-state index < -0.39 is 17.6 Å². The average Bonchev–Trinajstić information content (AvgIpc) is 2.94. The number of benzene rings is 1. The molecule has 3 rings (SSSR count). The number of methoxy groups -OCH3 is 1. The fourth-order valence-electron chi connectivity index (χ4n) is 3.01. The second-order valence-corrected chi connectivity index (χ2v) is 7.76. The molecule has 4 nitrogen and oxygen atoms in total. The van der Waals surface area contributed by atoms with Crippen LogP contribution in [-0.2, 0) is 17.6 Å². The summed E-state index contributed by atoms with van der Waals surface area (Å²) in [4.78, 5) is 13.4. The van der Waals surface area contributed by atoms with Crippen LogP contribution in [0.15, 0.2) is 18.2 Å². The van der Waals surface area contributed by atoms with Gasteiger partial charge in [0.1, 0.15) is 16.6 Å². The Morgan fingerprint density at radius 3 is 2.85 bits per heavy atom. The van der Waals surface area contributed by atoms with E-state index in [-0.39, 0.29) is 10.8 Å². The number of fused-ring (bicyclic) bond motifs is 1. The third-order valence-corrected chi connectivity index (χ3v) is 5.68. The molecule has 1 aliphatic rings. The first kappa shape index (κ1) is 18.7. The average molecular weight is 396 g/mol. The second kappa shape index (κ2) is 7.67. The molecule has 0 fully saturated rings. The minimum atomic E-state index is -0.622. The summed E-state index contributed by atoms with van der Waals surface area (Å²) < 4.78 is 32.0. The minimum Gasteiger partial charge on any atom is -0.465 e. The van der Waals surface area contributed by atoms with Gasteiger partial charge in [-0.3, -0.25) is 0 Å². The highest BCUT2D eigenvalue weighted by Gasteiger charge is 2.28. The molecule has 0 amide bonds. The van der Waals surface area contributed by atoms with Crippen LogP contribution in [0.25, 0.3) is 0 Å². The summed E-state index contributed by atoms with van der Waals surface area (Å²) in [5.41, 5.74) is 1.39. The van der Waals surface area contributed by atoms with E-state index in [1.165, 1.54) is 18.4 Å². The van der Waals surface area contributed by atoms with Crippen molar-refractivity contribution >= 4 is 45.3 Å². The molecule has 0 spiro atoms. The zero-order chi connectivity index (χ0) is 18.8. The summed E-state index contributed by atoms with van der Waals surface area (Å²) in [7, 11) is 1.33. The highest BCUT2D eigenvalue weighted by molar-refractivity contribution is 7.80. The van der Waals surface area contributed by atoms with Gasteiger partial charge in [0.15, 0.2) is 5.11 Å². The Kier molecular flexibility index (Phi) is 5.52. The summed E-state index contributed by atoms with van der Waals surface area (Å²) in [6.07, 6.45) is 2.70. The highest BCUT2D eigenvalue weighted by Crippen LogP contribution is 2.40. The number of nitrogens with one attached hydrogen (secondary N) is 2. The Hall–Kier alpha value is -2.06. The van der Waals surface area contributed by atoms with Gasteiger partial charge in [-0.15, -0.1) is 11.3 Å². The highest BCUT2D eigenvalue weighted by atomic mass is 32.1. The fraction of sp³-hybridized carbons (Fsp3) is 0.333. The van der Waals surface area contributed by atoms with Crippen molar-refractivity contribution in [1.82, 2.24) is 0 Å². The number of halogens is 2. The molecular weight excluding hydrogens is 378 g/mol. The van der Waals surface area contributed by atoms with Crippen LogP contribution in [0.4, 0.5) is 19.5 Å². The Balaban J connectivity index is 1.86. The number of carbonyl (C=O) groups is 1. The summed E-state index contributed by atoms with van der Waals surface area (Å²) in [6.45, 7) is 2.17. The van der Waals surface area contributed by atoms with E-state index in [1.807, 2.05) is 0 Å². The molecule has 1 unspecified atom stereocenters. The molecule has 0 saturated carbocycles. The molecular formula is C18H18F2N2O2S2. The van der Waals surface area contributed by atoms with Crippen molar-refractivity contribution in [3.63, 3.8) is 0 Å². The van der Waals surface area contributed by atoms with Crippen molar-refractivity contribution in [2.75, 3.05) is 17.7 Å². The summed E-state index contributed by atoms with van der Waals surface area (Å²) in [5, 5.41) is 6.21. The number of thiocarbonyl (C=S) groups is 1. The van der Waals surface area contributed by atoms with Gasteiger partial charge >= 0.3 is 5.97 Å². The second-order valence-electron chi connectivity index (χ2n) is 6.25. The van der Waals surface area contributed by atoms with E-state index in [9.17, 15) is 13.6 Å². The molecule has 1 aliphatic carbocycles. The summed E-state index contributed by atoms with van der Waals surface area (Å²) >= 11 is 6.66. The van der Waals surface area contributed by atoms with Crippen molar-refractivity contribution in [2.45, 2.75) is 26.2 Å². The van der Waals surface area contributed by atoms with Gasteiger partial charge in [0.05, 0.1) is 18.4 Å². The Morgan fingerprint density at radius 1 is 1.35 bits per heavy atom. The van der Waals surface area contributed by atoms with Gasteiger partial charge in [-0.1, -0.05) is 6.92 Å². The zero-order valence-electron chi connectivity index (χ0n) is 14.3. The number of hydrogen-bond donors (Lipinski definition) is 2. The van der Waals surface area contributed by atoms with Gasteiger partial charge < -0.3 is 15.4 Å². The van der Waals surface area contributed by atoms with Crippen LogP contribution in [0, 0.1) is 17.6 Å². The van der Waals surface area contributed by atoms with Crippen molar-refractivity contribution in [1.29, 1.82) is 0 Å². The number of carbonyl (C=O) groups excluding carboxylic acids is 1. The third-order valence-electron chi connectivity index (χ3n) is 4.30. The molecule has 0 radical (unpaired) electrons. The molecule has 138 valence electrons. The van der Waals surface area contributed by atoms with E-state index in [2.05, 4.69) is 17.6 Å². The molecule has 0 saturated heterocycles. The fourth-order valence-corrected chi connectivity index (χ4v) is 4.69. The monoisotopic (exact) mass is 396 g/mol. The number of ether oxygens (including phenoxy) is 1. The maximum absolute atomic E-state index is 13.8. The number of hydrogen-bond acceptors (Lipinski definition) is 4. The molecule has 1 heterocycles. The molecule has 0 bridgehead atoms. The number of anilines is 2. The number of esters is 1. The largest absolute Gasteiger partial charge is 0.465 e. The van der Waals surface area contributed by atoms with Crippen LogP contribution in [0.5, 0.6) is 0 Å². The lowest BCUT2D eigenvalue weighted by atomic mass is 9.88. The maximum Gasteiger partial charge on any atom is 0.341 e. The quantitative estimate of drug-likeness (QED) is 0.579. The van der Waals surface area contributed by atoms with Crippen molar-refractivity contribution in [3.05, 3.63) is 45.8 Å². The zero-order valence-corrected chi connectivity index (χ0v) is 16.0. The van der Waals surface area contributed by atoms with Gasteiger partial charge in [-0.25, -0.2) is 13.6 Å². The maximum atomic E-state index is 13.8. The number of rotatable bonds is 3. The predicted molar refractivity (Wildman–Crippen MR) is 103 cm³/mol. The Bertz CT molecular complexity index is 867. The van der Waals surface area contributed by atoms with Crippen LogP contribution >= 0.6 is 23.6 Å². The summed E-state index contributed by atoms with van der Waals surface area (Å²) in [5.74, 6) is -1.08. The van der Waals surface area contributed by atoms with Gasteiger partial charge in [0.25, 0.3) is 0 Å². The first-order chi connectivity index (χ1) is 12.4. The first-order valence-corrected chi connectivity index (χ1v) is 9.37. The molecule has 26 heavy (non-hydrogen) atoms. The Labute approximate surface area is 159 Å². The SMILES string of the molecule is COC(=O)c1c(NC(=S)Nc2cc(F)ccc2F)sc2c1CCC(C)C2. The minimum absolute atomic E-state index is 0.0722. The molecule has 1 aromatic carbocycles. The molecule has 8 heteroatoms.